The van der Waals surface area contributed by atoms with Gasteiger partial charge in [-0.3, -0.25) is 4.79 Å². The van der Waals surface area contributed by atoms with Crippen LogP contribution in [0.1, 0.15) is 48.2 Å². The summed E-state index contributed by atoms with van der Waals surface area (Å²) in [5.41, 5.74) is 6.23. The number of rotatable bonds is 3. The van der Waals surface area contributed by atoms with Crippen LogP contribution in [0.4, 0.5) is 0 Å². The average molecular weight is 313 g/mol. The zero-order valence-corrected chi connectivity index (χ0v) is 14.2. The Labute approximate surface area is 135 Å². The van der Waals surface area contributed by atoms with E-state index in [1.54, 1.807) is 13.8 Å². The third kappa shape index (κ3) is 2.19. The topological polar surface area (TPSA) is 63.0 Å². The molecule has 5 heteroatoms. The highest BCUT2D eigenvalue weighted by molar-refractivity contribution is 6.02. The number of fused-ring (bicyclic) bond motifs is 2. The molecule has 0 saturated carbocycles. The van der Waals surface area contributed by atoms with E-state index in [0.717, 1.165) is 39.0 Å². The van der Waals surface area contributed by atoms with Gasteiger partial charge in [0, 0.05) is 18.6 Å². The molecule has 0 fully saturated rings. The number of hydrogen-bond acceptors (Lipinski definition) is 3. The molecule has 0 atom stereocenters. The fourth-order valence-electron chi connectivity index (χ4n) is 3.45. The number of nitrogens with one attached hydrogen (secondary N) is 1. The van der Waals surface area contributed by atoms with Gasteiger partial charge in [-0.25, -0.2) is 4.79 Å². The second kappa shape index (κ2) is 5.33. The Morgan fingerprint density at radius 1 is 1.30 bits per heavy atom. The Kier molecular flexibility index (Phi) is 3.59. The van der Waals surface area contributed by atoms with Crippen LogP contribution in [0.5, 0.6) is 0 Å². The van der Waals surface area contributed by atoms with Crippen molar-refractivity contribution in [1.82, 2.24) is 4.98 Å². The first kappa shape index (κ1) is 15.5. The number of carbonyl (C=O) groups is 2. The van der Waals surface area contributed by atoms with E-state index in [-0.39, 0.29) is 11.8 Å². The molecule has 2 aromatic heterocycles. The number of hydrogen-bond donors (Lipinski definition) is 1. The van der Waals surface area contributed by atoms with Crippen molar-refractivity contribution in [3.05, 3.63) is 34.3 Å². The summed E-state index contributed by atoms with van der Waals surface area (Å²) in [5, 5.41) is 1.02. The maximum absolute atomic E-state index is 12.1. The second-order valence-electron chi connectivity index (χ2n) is 6.00. The highest BCUT2D eigenvalue weighted by Gasteiger charge is 2.33. The number of aromatic amines is 1. The van der Waals surface area contributed by atoms with Crippen LogP contribution < -0.4 is 4.57 Å². The van der Waals surface area contributed by atoms with Crippen LogP contribution in [0, 0.1) is 13.8 Å². The molecule has 3 heterocycles. The smallest absolute Gasteiger partial charge is 0.355 e. The Balaban J connectivity index is 2.23. The number of aromatic nitrogens is 2. The lowest BCUT2D eigenvalue weighted by Gasteiger charge is -2.02. The van der Waals surface area contributed by atoms with Crippen molar-refractivity contribution < 1.29 is 18.9 Å². The maximum Gasteiger partial charge on any atom is 0.355 e. The minimum absolute atomic E-state index is 0.109. The molecule has 1 N–H and O–H groups in total. The van der Waals surface area contributed by atoms with E-state index in [9.17, 15) is 9.59 Å². The summed E-state index contributed by atoms with van der Waals surface area (Å²) < 4.78 is 7.26. The van der Waals surface area contributed by atoms with Crippen molar-refractivity contribution in [2.24, 2.45) is 0 Å². The first-order valence-electron chi connectivity index (χ1n) is 7.80. The molecule has 5 nitrogen and oxygen atoms in total. The first-order chi connectivity index (χ1) is 10.9. The predicted octanol–water partition coefficient (Wildman–Crippen LogP) is 2.63. The van der Waals surface area contributed by atoms with Crippen molar-refractivity contribution in [3.63, 3.8) is 0 Å². The molecular weight excluding hydrogens is 292 g/mol. The molecule has 23 heavy (non-hydrogen) atoms. The number of ketones is 1. The molecule has 1 aliphatic heterocycles. The zero-order chi connectivity index (χ0) is 16.9. The zero-order valence-electron chi connectivity index (χ0n) is 14.2. The van der Waals surface area contributed by atoms with Crippen LogP contribution in [0.2, 0.25) is 0 Å². The molecule has 1 aliphatic rings. The monoisotopic (exact) mass is 313 g/mol. The molecule has 3 rings (SSSR count). The van der Waals surface area contributed by atoms with Crippen molar-refractivity contribution in [2.75, 3.05) is 6.61 Å². The molecule has 0 saturated heterocycles. The largest absolute Gasteiger partial charge is 0.461 e. The van der Waals surface area contributed by atoms with E-state index < -0.39 is 0 Å². The summed E-state index contributed by atoms with van der Waals surface area (Å²) in [7, 11) is 0. The fraction of sp³-hybridized carbons (Fsp3) is 0.389. The molecule has 0 radical (unpaired) electrons. The van der Waals surface area contributed by atoms with Crippen molar-refractivity contribution in [3.8, 4) is 0 Å². The van der Waals surface area contributed by atoms with Crippen LogP contribution in [0.15, 0.2) is 11.6 Å². The van der Waals surface area contributed by atoms with E-state index in [4.69, 9.17) is 4.74 Å². The number of ether oxygens (including phenoxy) is 1. The maximum atomic E-state index is 12.1. The van der Waals surface area contributed by atoms with Crippen LogP contribution in [0.3, 0.4) is 0 Å². The van der Waals surface area contributed by atoms with Crippen molar-refractivity contribution in [1.29, 1.82) is 0 Å². The third-order valence-corrected chi connectivity index (χ3v) is 4.68. The number of allylic oxidation sites excluding steroid dienone is 2. The summed E-state index contributed by atoms with van der Waals surface area (Å²) in [6.45, 7) is 10.3. The lowest BCUT2D eigenvalue weighted by Crippen LogP contribution is -2.38. The van der Waals surface area contributed by atoms with Gasteiger partial charge in [-0.05, 0) is 33.3 Å². The van der Waals surface area contributed by atoms with E-state index in [0.29, 0.717) is 18.8 Å². The van der Waals surface area contributed by atoms with Crippen molar-refractivity contribution >= 4 is 28.2 Å². The van der Waals surface area contributed by atoms with Crippen LogP contribution in [0.25, 0.3) is 16.5 Å². The van der Waals surface area contributed by atoms with Crippen LogP contribution in [-0.4, -0.2) is 23.3 Å². The minimum atomic E-state index is -0.331. The molecule has 0 unspecified atom stereocenters. The summed E-state index contributed by atoms with van der Waals surface area (Å²) in [5.74, 6) is -0.222. The van der Waals surface area contributed by atoms with Crippen LogP contribution >= 0.6 is 0 Å². The standard InChI is InChI=1S/C18H20N2O3/c1-6-23-18(22)17-10(3)16-11(4)20-8-13(12(5)21)9(2)15(20)7-14(16)19-17/h7H,6,8H2,1-5H3/p+1. The number of aryl methyl sites for hydroxylation is 2. The van der Waals surface area contributed by atoms with Gasteiger partial charge in [0.05, 0.1) is 23.1 Å². The average Bonchev–Trinajstić information content (AvgIpc) is 2.99. The molecule has 0 spiro atoms. The number of nitrogens with zero attached hydrogens (tertiary/aromatic N) is 1. The summed E-state index contributed by atoms with van der Waals surface area (Å²) >= 11 is 0. The molecule has 0 bridgehead atoms. The molecule has 0 aromatic carbocycles. The number of H-pyrrole nitrogens is 1. The van der Waals surface area contributed by atoms with Crippen LogP contribution in [-0.2, 0) is 16.1 Å². The highest BCUT2D eigenvalue weighted by Crippen LogP contribution is 2.30. The Morgan fingerprint density at radius 3 is 2.61 bits per heavy atom. The van der Waals surface area contributed by atoms with E-state index in [2.05, 4.69) is 9.55 Å². The van der Waals surface area contributed by atoms with Gasteiger partial charge < -0.3 is 9.72 Å². The normalized spacial score (nSPS) is 13.6. The SMILES string of the molecule is CCOC(=O)c1[nH]c2cc3[n+](c(C)c2c1C)CC(C(C)=O)=C3C. The van der Waals surface area contributed by atoms with E-state index in [1.165, 1.54) is 0 Å². The number of esters is 1. The number of pyridine rings is 1. The minimum Gasteiger partial charge on any atom is -0.461 e. The Morgan fingerprint density at radius 2 is 2.00 bits per heavy atom. The number of Topliss-reactive ketones (excluding diaryl/α,β-unsaturated/α-hetero) is 1. The molecule has 0 amide bonds. The highest BCUT2D eigenvalue weighted by atomic mass is 16.5. The molecule has 2 aromatic rings. The van der Waals surface area contributed by atoms with Gasteiger partial charge in [-0.2, -0.15) is 4.57 Å². The van der Waals surface area contributed by atoms with Gasteiger partial charge >= 0.3 is 5.97 Å². The summed E-state index contributed by atoms with van der Waals surface area (Å²) in [6.07, 6.45) is 0. The Bertz CT molecular complexity index is 888. The summed E-state index contributed by atoms with van der Waals surface area (Å²) in [6, 6.07) is 2.02. The lowest BCUT2D eigenvalue weighted by molar-refractivity contribution is -0.690. The van der Waals surface area contributed by atoms with E-state index in [1.807, 2.05) is 26.8 Å². The Hall–Kier alpha value is -2.43. The van der Waals surface area contributed by atoms with Crippen molar-refractivity contribution in [2.45, 2.75) is 41.2 Å². The van der Waals surface area contributed by atoms with E-state index >= 15 is 0 Å². The summed E-state index contributed by atoms with van der Waals surface area (Å²) in [4.78, 5) is 27.1. The quantitative estimate of drug-likeness (QED) is 0.700. The lowest BCUT2D eigenvalue weighted by atomic mass is 10.1. The van der Waals surface area contributed by atoms with Gasteiger partial charge in [-0.1, -0.05) is 0 Å². The van der Waals surface area contributed by atoms with Gasteiger partial charge in [0.1, 0.15) is 5.69 Å². The fourth-order valence-corrected chi connectivity index (χ4v) is 3.45. The van der Waals surface area contributed by atoms with Gasteiger partial charge in [0.25, 0.3) is 0 Å². The number of carbonyl (C=O) groups excluding carboxylic acids is 2. The molecule has 0 aliphatic carbocycles. The predicted molar refractivity (Wildman–Crippen MR) is 87.2 cm³/mol. The van der Waals surface area contributed by atoms with Gasteiger partial charge in [0.2, 0.25) is 5.69 Å². The molecule has 120 valence electrons. The molecular formula is C18H21N2O3+. The third-order valence-electron chi connectivity index (χ3n) is 4.68. The first-order valence-corrected chi connectivity index (χ1v) is 7.80. The second-order valence-corrected chi connectivity index (χ2v) is 6.00. The van der Waals surface area contributed by atoms with Gasteiger partial charge in [-0.15, -0.1) is 0 Å². The van der Waals surface area contributed by atoms with Gasteiger partial charge in [0.15, 0.2) is 18.0 Å².